The molecule has 0 N–H and O–H groups in total. The minimum absolute atomic E-state index is 0.167. The fourth-order valence-electron chi connectivity index (χ4n) is 4.55. The Bertz CT molecular complexity index is 1530. The van der Waals surface area contributed by atoms with E-state index in [-0.39, 0.29) is 11.5 Å². The molecule has 0 bridgehead atoms. The molecular formula is C28H31N3O5S. The monoisotopic (exact) mass is 521 g/mol. The molecule has 4 rings (SSSR count). The third-order valence-corrected chi connectivity index (χ3v) is 7.44. The standard InChI is InChI=1S/C28H31N3O5S/c1-7-30(8-2)27(33)24-17(3)29-28-31(25(24)20-16-19(34-4)13-14-22(20)36-6)26(32)23(37-28)15-18-11-9-10-12-21(18)35-5/h9-16,25H,7-8H2,1-6H3/b23-15-. The van der Waals surface area contributed by atoms with Crippen molar-refractivity contribution < 1.29 is 19.0 Å². The Kier molecular flexibility index (Phi) is 7.83. The minimum atomic E-state index is -0.741. The average molecular weight is 522 g/mol. The van der Waals surface area contributed by atoms with E-state index in [1.807, 2.05) is 51.1 Å². The molecule has 194 valence electrons. The number of carbonyl (C=O) groups excluding carboxylic acids is 1. The van der Waals surface area contributed by atoms with Crippen LogP contribution in [0.5, 0.6) is 17.2 Å². The largest absolute Gasteiger partial charge is 0.497 e. The summed E-state index contributed by atoms with van der Waals surface area (Å²) in [4.78, 5) is 34.7. The van der Waals surface area contributed by atoms with Gasteiger partial charge in [0.2, 0.25) is 0 Å². The summed E-state index contributed by atoms with van der Waals surface area (Å²) < 4.78 is 18.7. The Balaban J connectivity index is 2.04. The SMILES string of the molecule is CCN(CC)C(=O)C1=C(C)N=c2s/c(=C\c3ccccc3OC)c(=O)n2C1c1cc(OC)ccc1OC. The van der Waals surface area contributed by atoms with Gasteiger partial charge in [0.1, 0.15) is 23.3 Å². The number of likely N-dealkylation sites (N-methyl/N-ethyl adjacent to an activating group) is 1. The molecule has 0 radical (unpaired) electrons. The Morgan fingerprint density at radius 3 is 2.41 bits per heavy atom. The van der Waals surface area contributed by atoms with Gasteiger partial charge in [0.15, 0.2) is 4.80 Å². The molecule has 0 saturated carbocycles. The molecule has 2 aromatic carbocycles. The molecule has 1 amide bonds. The Labute approximate surface area is 219 Å². The first-order valence-corrected chi connectivity index (χ1v) is 12.9. The van der Waals surface area contributed by atoms with E-state index in [1.165, 1.54) is 11.3 Å². The third-order valence-electron chi connectivity index (χ3n) is 6.46. The van der Waals surface area contributed by atoms with Crippen LogP contribution in [-0.4, -0.2) is 49.8 Å². The molecule has 0 spiro atoms. The highest BCUT2D eigenvalue weighted by Crippen LogP contribution is 2.38. The van der Waals surface area contributed by atoms with Crippen molar-refractivity contribution in [1.82, 2.24) is 9.47 Å². The van der Waals surface area contributed by atoms with Crippen LogP contribution in [0.15, 0.2) is 63.5 Å². The third kappa shape index (κ3) is 4.79. The number of benzene rings is 2. The molecule has 0 fully saturated rings. The number of thiazole rings is 1. The van der Waals surface area contributed by atoms with Crippen molar-refractivity contribution in [3.63, 3.8) is 0 Å². The lowest BCUT2D eigenvalue weighted by Crippen LogP contribution is -2.43. The predicted molar refractivity (Wildman–Crippen MR) is 144 cm³/mol. The summed E-state index contributed by atoms with van der Waals surface area (Å²) >= 11 is 1.28. The first-order chi connectivity index (χ1) is 17.9. The maximum Gasteiger partial charge on any atom is 0.271 e. The summed E-state index contributed by atoms with van der Waals surface area (Å²) in [6.45, 7) is 6.74. The van der Waals surface area contributed by atoms with Gasteiger partial charge in [-0.2, -0.15) is 0 Å². The quantitative estimate of drug-likeness (QED) is 0.455. The number of rotatable bonds is 8. The van der Waals surface area contributed by atoms with Crippen LogP contribution in [0.3, 0.4) is 0 Å². The number of amides is 1. The lowest BCUT2D eigenvalue weighted by molar-refractivity contribution is -0.127. The van der Waals surface area contributed by atoms with E-state index >= 15 is 0 Å². The average Bonchev–Trinajstić information content (AvgIpc) is 3.22. The lowest BCUT2D eigenvalue weighted by atomic mass is 9.93. The summed E-state index contributed by atoms with van der Waals surface area (Å²) in [5, 5.41) is 0. The minimum Gasteiger partial charge on any atom is -0.497 e. The van der Waals surface area contributed by atoms with Gasteiger partial charge in [0, 0.05) is 24.2 Å². The zero-order chi connectivity index (χ0) is 26.7. The predicted octanol–water partition coefficient (Wildman–Crippen LogP) is 3.13. The van der Waals surface area contributed by atoms with E-state index < -0.39 is 6.04 Å². The molecule has 1 aliphatic rings. The van der Waals surface area contributed by atoms with Crippen molar-refractivity contribution in [3.8, 4) is 17.2 Å². The van der Waals surface area contributed by atoms with Crippen LogP contribution in [0.1, 0.15) is 37.9 Å². The number of methoxy groups -OCH3 is 3. The molecular weight excluding hydrogens is 490 g/mol. The second-order valence-electron chi connectivity index (χ2n) is 8.41. The van der Waals surface area contributed by atoms with E-state index in [9.17, 15) is 9.59 Å². The highest BCUT2D eigenvalue weighted by molar-refractivity contribution is 7.07. The fourth-order valence-corrected chi connectivity index (χ4v) is 5.59. The molecule has 1 unspecified atom stereocenters. The maximum atomic E-state index is 14.0. The van der Waals surface area contributed by atoms with Crippen molar-refractivity contribution in [2.75, 3.05) is 34.4 Å². The van der Waals surface area contributed by atoms with Crippen molar-refractivity contribution in [3.05, 3.63) is 84.5 Å². The Morgan fingerprint density at radius 1 is 1.05 bits per heavy atom. The van der Waals surface area contributed by atoms with Gasteiger partial charge in [-0.05, 0) is 51.1 Å². The van der Waals surface area contributed by atoms with Crippen LogP contribution in [-0.2, 0) is 4.79 Å². The first kappa shape index (κ1) is 26.2. The highest BCUT2D eigenvalue weighted by atomic mass is 32.1. The molecule has 2 heterocycles. The first-order valence-electron chi connectivity index (χ1n) is 12.0. The van der Waals surface area contributed by atoms with E-state index in [1.54, 1.807) is 49.0 Å². The Hall–Kier alpha value is -3.85. The van der Waals surface area contributed by atoms with Crippen LogP contribution >= 0.6 is 11.3 Å². The molecule has 1 atom stereocenters. The maximum absolute atomic E-state index is 14.0. The van der Waals surface area contributed by atoms with E-state index in [0.717, 1.165) is 5.56 Å². The molecule has 8 nitrogen and oxygen atoms in total. The number of nitrogens with zero attached hydrogens (tertiary/aromatic N) is 3. The van der Waals surface area contributed by atoms with Gasteiger partial charge in [-0.3, -0.25) is 14.2 Å². The van der Waals surface area contributed by atoms with Gasteiger partial charge >= 0.3 is 0 Å². The van der Waals surface area contributed by atoms with Crippen LogP contribution in [0, 0.1) is 0 Å². The van der Waals surface area contributed by atoms with Gasteiger partial charge in [0.05, 0.1) is 37.1 Å². The second kappa shape index (κ2) is 11.0. The van der Waals surface area contributed by atoms with Crippen molar-refractivity contribution in [2.24, 2.45) is 4.99 Å². The summed E-state index contributed by atoms with van der Waals surface area (Å²) in [5.41, 5.74) is 2.18. The van der Waals surface area contributed by atoms with Crippen LogP contribution in [0.25, 0.3) is 6.08 Å². The smallest absolute Gasteiger partial charge is 0.271 e. The Morgan fingerprint density at radius 2 is 1.76 bits per heavy atom. The van der Waals surface area contributed by atoms with Gasteiger partial charge in [0.25, 0.3) is 11.5 Å². The number of fused-ring (bicyclic) bond motifs is 1. The fraction of sp³-hybridized carbons (Fsp3) is 0.321. The number of ether oxygens (including phenoxy) is 3. The molecule has 9 heteroatoms. The van der Waals surface area contributed by atoms with Crippen LogP contribution < -0.4 is 29.1 Å². The van der Waals surface area contributed by atoms with Gasteiger partial charge in [-0.25, -0.2) is 4.99 Å². The highest BCUT2D eigenvalue weighted by Gasteiger charge is 2.36. The van der Waals surface area contributed by atoms with Gasteiger partial charge in [-0.15, -0.1) is 0 Å². The zero-order valence-corrected chi connectivity index (χ0v) is 22.7. The summed E-state index contributed by atoms with van der Waals surface area (Å²) in [6.07, 6.45) is 1.80. The number of aromatic nitrogens is 1. The van der Waals surface area contributed by atoms with Crippen molar-refractivity contribution in [2.45, 2.75) is 26.8 Å². The van der Waals surface area contributed by atoms with E-state index in [4.69, 9.17) is 19.2 Å². The molecule has 0 aliphatic carbocycles. The molecule has 3 aromatic rings. The van der Waals surface area contributed by atoms with Gasteiger partial charge < -0.3 is 19.1 Å². The molecule has 37 heavy (non-hydrogen) atoms. The number of allylic oxidation sites excluding steroid dienone is 1. The summed E-state index contributed by atoms with van der Waals surface area (Å²) in [6, 6.07) is 12.1. The number of hydrogen-bond donors (Lipinski definition) is 0. The lowest BCUT2D eigenvalue weighted by Gasteiger charge is -2.30. The molecule has 1 aromatic heterocycles. The topological polar surface area (TPSA) is 82.4 Å². The number of para-hydroxylation sites is 1. The zero-order valence-electron chi connectivity index (χ0n) is 21.9. The molecule has 0 saturated heterocycles. The normalized spacial score (nSPS) is 15.2. The van der Waals surface area contributed by atoms with Gasteiger partial charge in [-0.1, -0.05) is 29.5 Å². The van der Waals surface area contributed by atoms with Crippen molar-refractivity contribution >= 4 is 23.3 Å². The molecule has 1 aliphatic heterocycles. The summed E-state index contributed by atoms with van der Waals surface area (Å²) in [7, 11) is 4.74. The van der Waals surface area contributed by atoms with E-state index in [0.29, 0.717) is 56.5 Å². The van der Waals surface area contributed by atoms with Crippen LogP contribution in [0.2, 0.25) is 0 Å². The number of hydrogen-bond acceptors (Lipinski definition) is 7. The second-order valence-corrected chi connectivity index (χ2v) is 9.42. The number of carbonyl (C=O) groups is 1. The summed E-state index contributed by atoms with van der Waals surface area (Å²) in [5.74, 6) is 1.63. The van der Waals surface area contributed by atoms with Crippen LogP contribution in [0.4, 0.5) is 0 Å². The van der Waals surface area contributed by atoms with Crippen molar-refractivity contribution in [1.29, 1.82) is 0 Å². The van der Waals surface area contributed by atoms with E-state index in [2.05, 4.69) is 0 Å².